The first-order valence-corrected chi connectivity index (χ1v) is 6.62. The fourth-order valence-electron chi connectivity index (χ4n) is 2.97. The van der Waals surface area contributed by atoms with E-state index in [1.807, 2.05) is 6.92 Å². The zero-order chi connectivity index (χ0) is 11.8. The minimum Gasteiger partial charge on any atom is -0.344 e. The van der Waals surface area contributed by atoms with Gasteiger partial charge in [-0.3, -0.25) is 0 Å². The van der Waals surface area contributed by atoms with Crippen LogP contribution in [-0.2, 0) is 0 Å². The Morgan fingerprint density at radius 3 is 2.71 bits per heavy atom. The predicted molar refractivity (Wildman–Crippen MR) is 72.0 cm³/mol. The van der Waals surface area contributed by atoms with Crippen LogP contribution in [0.5, 0.6) is 0 Å². The molecule has 1 aliphatic carbocycles. The molecule has 0 radical (unpaired) electrons. The first-order chi connectivity index (χ1) is 8.25. The van der Waals surface area contributed by atoms with Gasteiger partial charge in [0, 0.05) is 23.8 Å². The van der Waals surface area contributed by atoms with Gasteiger partial charge in [0.1, 0.15) is 0 Å². The summed E-state index contributed by atoms with van der Waals surface area (Å²) in [5.74, 6) is 0. The van der Waals surface area contributed by atoms with E-state index in [4.69, 9.17) is 5.73 Å². The van der Waals surface area contributed by atoms with Crippen LogP contribution in [0.2, 0.25) is 0 Å². The van der Waals surface area contributed by atoms with E-state index in [2.05, 4.69) is 35.0 Å². The van der Waals surface area contributed by atoms with E-state index in [1.54, 1.807) is 0 Å². The third-order valence-corrected chi connectivity index (χ3v) is 3.99. The third kappa shape index (κ3) is 1.87. The number of benzene rings is 1. The Morgan fingerprint density at radius 1 is 1.24 bits per heavy atom. The van der Waals surface area contributed by atoms with Crippen molar-refractivity contribution >= 4 is 10.9 Å². The van der Waals surface area contributed by atoms with Gasteiger partial charge in [-0.1, -0.05) is 18.9 Å². The Hall–Kier alpha value is -1.28. The summed E-state index contributed by atoms with van der Waals surface area (Å²) in [7, 11) is 0. The quantitative estimate of drug-likeness (QED) is 0.833. The van der Waals surface area contributed by atoms with Crippen molar-refractivity contribution in [2.24, 2.45) is 5.73 Å². The van der Waals surface area contributed by atoms with E-state index in [0.29, 0.717) is 6.04 Å². The van der Waals surface area contributed by atoms with E-state index in [0.717, 1.165) is 0 Å². The van der Waals surface area contributed by atoms with Crippen molar-refractivity contribution < 1.29 is 0 Å². The summed E-state index contributed by atoms with van der Waals surface area (Å²) in [6, 6.07) is 9.68. The summed E-state index contributed by atoms with van der Waals surface area (Å²) >= 11 is 0. The number of hydrogen-bond acceptors (Lipinski definition) is 1. The molecule has 1 aromatic heterocycles. The predicted octanol–water partition coefficient (Wildman–Crippen LogP) is 3.78. The van der Waals surface area contributed by atoms with E-state index in [9.17, 15) is 0 Å². The van der Waals surface area contributed by atoms with Gasteiger partial charge >= 0.3 is 0 Å². The number of hydrogen-bond donors (Lipinski definition) is 1. The van der Waals surface area contributed by atoms with Crippen molar-refractivity contribution in [1.29, 1.82) is 0 Å². The lowest BCUT2D eigenvalue weighted by molar-refractivity contribution is 0.536. The van der Waals surface area contributed by atoms with Crippen LogP contribution >= 0.6 is 0 Å². The maximum absolute atomic E-state index is 5.93. The van der Waals surface area contributed by atoms with Gasteiger partial charge in [-0.15, -0.1) is 0 Å². The molecular weight excluding hydrogens is 208 g/mol. The highest BCUT2D eigenvalue weighted by Gasteiger charge is 2.18. The standard InChI is InChI=1S/C15H20N2/c1-11(16)12-6-7-15-13(10-12)8-9-17(15)14-4-2-3-5-14/h6-11,14H,2-5,16H2,1H3. The van der Waals surface area contributed by atoms with Crippen LogP contribution in [0.1, 0.15) is 50.3 Å². The largest absolute Gasteiger partial charge is 0.344 e. The zero-order valence-electron chi connectivity index (χ0n) is 10.4. The lowest BCUT2D eigenvalue weighted by Crippen LogP contribution is -2.05. The maximum Gasteiger partial charge on any atom is 0.0483 e. The molecule has 1 heterocycles. The van der Waals surface area contributed by atoms with Gasteiger partial charge in [-0.25, -0.2) is 0 Å². The fourth-order valence-corrected chi connectivity index (χ4v) is 2.97. The van der Waals surface area contributed by atoms with Gasteiger partial charge in [0.15, 0.2) is 0 Å². The molecule has 0 saturated heterocycles. The molecule has 0 amide bonds. The number of fused-ring (bicyclic) bond motifs is 1. The lowest BCUT2D eigenvalue weighted by Gasteiger charge is -2.14. The van der Waals surface area contributed by atoms with E-state index in [1.165, 1.54) is 42.1 Å². The van der Waals surface area contributed by atoms with Crippen LogP contribution in [0.3, 0.4) is 0 Å². The molecule has 1 aromatic carbocycles. The topological polar surface area (TPSA) is 30.9 Å². The summed E-state index contributed by atoms with van der Waals surface area (Å²) in [5, 5.41) is 1.33. The van der Waals surface area contributed by atoms with Crippen molar-refractivity contribution in [2.45, 2.75) is 44.7 Å². The minimum absolute atomic E-state index is 0.120. The average Bonchev–Trinajstić information content (AvgIpc) is 2.96. The van der Waals surface area contributed by atoms with Crippen LogP contribution in [-0.4, -0.2) is 4.57 Å². The molecule has 0 bridgehead atoms. The molecule has 17 heavy (non-hydrogen) atoms. The molecule has 2 heteroatoms. The van der Waals surface area contributed by atoms with Crippen LogP contribution in [0.4, 0.5) is 0 Å². The van der Waals surface area contributed by atoms with Gasteiger partial charge in [0.25, 0.3) is 0 Å². The van der Waals surface area contributed by atoms with Gasteiger partial charge in [-0.05, 0) is 48.9 Å². The number of rotatable bonds is 2. The summed E-state index contributed by atoms with van der Waals surface area (Å²) in [6.07, 6.45) is 7.66. The van der Waals surface area contributed by atoms with Crippen LogP contribution in [0.25, 0.3) is 10.9 Å². The highest BCUT2D eigenvalue weighted by molar-refractivity contribution is 5.81. The van der Waals surface area contributed by atoms with Crippen molar-refractivity contribution in [3.8, 4) is 0 Å². The Morgan fingerprint density at radius 2 is 2.00 bits per heavy atom. The molecule has 90 valence electrons. The fraction of sp³-hybridized carbons (Fsp3) is 0.467. The SMILES string of the molecule is CC(N)c1ccc2c(ccn2C2CCCC2)c1. The molecule has 1 fully saturated rings. The molecule has 2 nitrogen and oxygen atoms in total. The average molecular weight is 228 g/mol. The van der Waals surface area contributed by atoms with Crippen molar-refractivity contribution in [2.75, 3.05) is 0 Å². The highest BCUT2D eigenvalue weighted by Crippen LogP contribution is 2.33. The van der Waals surface area contributed by atoms with Crippen LogP contribution < -0.4 is 5.73 Å². The number of nitrogens with two attached hydrogens (primary N) is 1. The first-order valence-electron chi connectivity index (χ1n) is 6.62. The highest BCUT2D eigenvalue weighted by atomic mass is 15.0. The lowest BCUT2D eigenvalue weighted by atomic mass is 10.1. The minimum atomic E-state index is 0.120. The molecule has 0 spiro atoms. The smallest absolute Gasteiger partial charge is 0.0483 e. The van der Waals surface area contributed by atoms with E-state index in [-0.39, 0.29) is 6.04 Å². The number of nitrogens with zero attached hydrogens (tertiary/aromatic N) is 1. The van der Waals surface area contributed by atoms with Crippen molar-refractivity contribution in [3.05, 3.63) is 36.0 Å². The number of aromatic nitrogens is 1. The first kappa shape index (κ1) is 10.8. The zero-order valence-corrected chi connectivity index (χ0v) is 10.4. The monoisotopic (exact) mass is 228 g/mol. The molecular formula is C15H20N2. The molecule has 0 aliphatic heterocycles. The van der Waals surface area contributed by atoms with Crippen molar-refractivity contribution in [1.82, 2.24) is 4.57 Å². The normalized spacial score (nSPS) is 18.9. The Kier molecular flexibility index (Phi) is 2.67. The Balaban J connectivity index is 2.04. The van der Waals surface area contributed by atoms with Gasteiger partial charge in [0.05, 0.1) is 0 Å². The second-order valence-electron chi connectivity index (χ2n) is 5.27. The van der Waals surface area contributed by atoms with E-state index >= 15 is 0 Å². The summed E-state index contributed by atoms with van der Waals surface area (Å²) in [5.41, 5.74) is 8.51. The molecule has 1 saturated carbocycles. The van der Waals surface area contributed by atoms with E-state index < -0.39 is 0 Å². The second kappa shape index (κ2) is 4.19. The third-order valence-electron chi connectivity index (χ3n) is 3.99. The van der Waals surface area contributed by atoms with Crippen molar-refractivity contribution in [3.63, 3.8) is 0 Å². The Bertz CT molecular complexity index is 519. The molecule has 1 atom stereocenters. The van der Waals surface area contributed by atoms with Gasteiger partial charge in [-0.2, -0.15) is 0 Å². The molecule has 3 rings (SSSR count). The van der Waals surface area contributed by atoms with Gasteiger partial charge < -0.3 is 10.3 Å². The second-order valence-corrected chi connectivity index (χ2v) is 5.27. The van der Waals surface area contributed by atoms with Crippen LogP contribution in [0, 0.1) is 0 Å². The van der Waals surface area contributed by atoms with Gasteiger partial charge in [0.2, 0.25) is 0 Å². The molecule has 1 unspecified atom stereocenters. The summed E-state index contributed by atoms with van der Waals surface area (Å²) < 4.78 is 2.45. The summed E-state index contributed by atoms with van der Waals surface area (Å²) in [4.78, 5) is 0. The molecule has 2 N–H and O–H groups in total. The maximum atomic E-state index is 5.93. The molecule has 2 aromatic rings. The van der Waals surface area contributed by atoms with Crippen LogP contribution in [0.15, 0.2) is 30.5 Å². The Labute approximate surface area is 102 Å². The summed E-state index contributed by atoms with van der Waals surface area (Å²) in [6.45, 7) is 2.04. The molecule has 1 aliphatic rings.